The highest BCUT2D eigenvalue weighted by atomic mass is 35.5. The summed E-state index contributed by atoms with van der Waals surface area (Å²) >= 11 is 6.12. The van der Waals surface area contributed by atoms with Crippen molar-refractivity contribution in [3.05, 3.63) is 23.2 Å². The summed E-state index contributed by atoms with van der Waals surface area (Å²) in [6.45, 7) is 7.11. The molecule has 1 amide bonds. The Morgan fingerprint density at radius 2 is 2.09 bits per heavy atom. The van der Waals surface area contributed by atoms with Crippen molar-refractivity contribution >= 4 is 23.2 Å². The van der Waals surface area contributed by atoms with Gasteiger partial charge in [0.25, 0.3) is 5.91 Å². The van der Waals surface area contributed by atoms with Gasteiger partial charge in [0.2, 0.25) is 0 Å². The number of carbonyl (C=O) groups excluding carboxylic acids is 1. The van der Waals surface area contributed by atoms with Gasteiger partial charge in [-0.2, -0.15) is 0 Å². The van der Waals surface area contributed by atoms with Gasteiger partial charge in [0.1, 0.15) is 5.75 Å². The Hall–Kier alpha value is -1.26. The molecule has 2 aliphatic rings. The van der Waals surface area contributed by atoms with Gasteiger partial charge in [0.15, 0.2) is 6.10 Å². The summed E-state index contributed by atoms with van der Waals surface area (Å²) in [6.07, 6.45) is 2.79. The van der Waals surface area contributed by atoms with Crippen LogP contribution in [-0.2, 0) is 4.79 Å². The van der Waals surface area contributed by atoms with Crippen molar-refractivity contribution < 1.29 is 9.53 Å². The van der Waals surface area contributed by atoms with Crippen LogP contribution in [-0.4, -0.2) is 42.6 Å². The maximum atomic E-state index is 12.7. The van der Waals surface area contributed by atoms with E-state index in [0.29, 0.717) is 24.0 Å². The summed E-state index contributed by atoms with van der Waals surface area (Å²) in [7, 11) is 0. The molecule has 0 radical (unpaired) electrons. The molecular weight excluding hydrogens is 300 g/mol. The Morgan fingerprint density at radius 1 is 1.36 bits per heavy atom. The van der Waals surface area contributed by atoms with Gasteiger partial charge in [0.05, 0.1) is 5.69 Å². The number of hydrogen-bond acceptors (Lipinski definition) is 3. The Balaban J connectivity index is 1.86. The van der Waals surface area contributed by atoms with Crippen molar-refractivity contribution in [2.24, 2.45) is 0 Å². The highest BCUT2D eigenvalue weighted by molar-refractivity contribution is 6.31. The predicted molar refractivity (Wildman–Crippen MR) is 88.8 cm³/mol. The highest BCUT2D eigenvalue weighted by Crippen LogP contribution is 2.37. The smallest absolute Gasteiger partial charge is 0.268 e. The molecule has 1 fully saturated rings. The number of halogens is 1. The third-order valence-electron chi connectivity index (χ3n) is 4.60. The number of ether oxygens (including phenoxy) is 1. The van der Waals surface area contributed by atoms with Gasteiger partial charge in [0, 0.05) is 17.6 Å². The lowest BCUT2D eigenvalue weighted by molar-refractivity contribution is -0.126. The first-order chi connectivity index (χ1) is 10.6. The minimum absolute atomic E-state index is 0.0447. The van der Waals surface area contributed by atoms with Gasteiger partial charge in [-0.1, -0.05) is 18.5 Å². The number of anilines is 1. The second-order valence-electron chi connectivity index (χ2n) is 6.17. The molecule has 120 valence electrons. The lowest BCUT2D eigenvalue weighted by Gasteiger charge is -2.37. The third-order valence-corrected chi connectivity index (χ3v) is 4.84. The van der Waals surface area contributed by atoms with Crippen LogP contribution in [0, 0.1) is 0 Å². The summed E-state index contributed by atoms with van der Waals surface area (Å²) < 4.78 is 5.82. The van der Waals surface area contributed by atoms with Crippen molar-refractivity contribution in [3.63, 3.8) is 0 Å². The Bertz CT molecular complexity index is 558. The zero-order valence-electron chi connectivity index (χ0n) is 13.2. The van der Waals surface area contributed by atoms with Gasteiger partial charge in [-0.3, -0.25) is 9.69 Å². The number of hydrogen-bond donors (Lipinski definition) is 0. The van der Waals surface area contributed by atoms with Crippen molar-refractivity contribution in [1.82, 2.24) is 4.90 Å². The maximum absolute atomic E-state index is 12.7. The summed E-state index contributed by atoms with van der Waals surface area (Å²) in [5.41, 5.74) is 0.799. The quantitative estimate of drug-likeness (QED) is 0.852. The van der Waals surface area contributed by atoms with Crippen molar-refractivity contribution in [2.45, 2.75) is 45.3 Å². The lowest BCUT2D eigenvalue weighted by atomic mass is 10.1. The van der Waals surface area contributed by atoms with E-state index in [4.69, 9.17) is 16.3 Å². The fraction of sp³-hybridized carbons (Fsp3) is 0.588. The fourth-order valence-electron chi connectivity index (χ4n) is 3.31. The van der Waals surface area contributed by atoms with Crippen molar-refractivity contribution in [1.29, 1.82) is 0 Å². The molecule has 0 aliphatic carbocycles. The number of rotatable bonds is 4. The fourth-order valence-corrected chi connectivity index (χ4v) is 3.47. The van der Waals surface area contributed by atoms with Gasteiger partial charge in [-0.15, -0.1) is 0 Å². The monoisotopic (exact) mass is 322 g/mol. The normalized spacial score (nSPS) is 23.3. The molecule has 0 N–H and O–H groups in total. The zero-order valence-corrected chi connectivity index (χ0v) is 14.0. The molecule has 0 bridgehead atoms. The van der Waals surface area contributed by atoms with Crippen LogP contribution < -0.4 is 9.64 Å². The summed E-state index contributed by atoms with van der Waals surface area (Å²) in [5.74, 6) is 0.799. The van der Waals surface area contributed by atoms with E-state index in [9.17, 15) is 4.79 Å². The summed E-state index contributed by atoms with van der Waals surface area (Å²) in [6, 6.07) is 5.84. The van der Waals surface area contributed by atoms with E-state index in [1.807, 2.05) is 30.0 Å². The SMILES string of the molecule is CCC1Oc2ccc(Cl)cc2N(CC(C)N2CCCC2)C1=O. The second-order valence-corrected chi connectivity index (χ2v) is 6.60. The van der Waals surface area contributed by atoms with E-state index in [0.717, 1.165) is 24.5 Å². The first-order valence-corrected chi connectivity index (χ1v) is 8.49. The van der Waals surface area contributed by atoms with Gasteiger partial charge in [-0.05, 0) is 57.5 Å². The van der Waals surface area contributed by atoms with Crippen molar-refractivity contribution in [3.8, 4) is 5.75 Å². The number of carbonyl (C=O) groups is 1. The van der Waals surface area contributed by atoms with Crippen LogP contribution in [0.1, 0.15) is 33.1 Å². The van der Waals surface area contributed by atoms with Crippen LogP contribution in [0.15, 0.2) is 18.2 Å². The average Bonchev–Trinajstić information content (AvgIpc) is 3.04. The summed E-state index contributed by atoms with van der Waals surface area (Å²) in [4.78, 5) is 17.0. The standard InChI is InChI=1S/C17H23ClN2O2/c1-3-15-17(21)20(11-12(2)19-8-4-5-9-19)14-10-13(18)6-7-16(14)22-15/h6-7,10,12,15H,3-5,8-9,11H2,1-2H3. The van der Waals surface area contributed by atoms with Gasteiger partial charge >= 0.3 is 0 Å². The molecule has 0 spiro atoms. The maximum Gasteiger partial charge on any atom is 0.268 e. The van der Waals surface area contributed by atoms with E-state index >= 15 is 0 Å². The largest absolute Gasteiger partial charge is 0.478 e. The number of likely N-dealkylation sites (tertiary alicyclic amines) is 1. The molecule has 4 nitrogen and oxygen atoms in total. The average molecular weight is 323 g/mol. The minimum Gasteiger partial charge on any atom is -0.478 e. The molecule has 0 aromatic heterocycles. The van der Waals surface area contributed by atoms with Crippen LogP contribution in [0.3, 0.4) is 0 Å². The van der Waals surface area contributed by atoms with E-state index in [1.165, 1.54) is 12.8 Å². The molecule has 2 heterocycles. The molecule has 2 aliphatic heterocycles. The Kier molecular flexibility index (Phi) is 4.59. The Labute approximate surface area is 137 Å². The van der Waals surface area contributed by atoms with E-state index in [1.54, 1.807) is 0 Å². The van der Waals surface area contributed by atoms with Gasteiger partial charge < -0.3 is 9.64 Å². The zero-order chi connectivity index (χ0) is 15.7. The molecule has 1 aromatic carbocycles. The van der Waals surface area contributed by atoms with Crippen LogP contribution >= 0.6 is 11.6 Å². The third kappa shape index (κ3) is 2.95. The van der Waals surface area contributed by atoms with Crippen LogP contribution in [0.4, 0.5) is 5.69 Å². The molecule has 0 saturated carbocycles. The molecule has 22 heavy (non-hydrogen) atoms. The summed E-state index contributed by atoms with van der Waals surface area (Å²) in [5, 5.41) is 0.629. The molecule has 2 atom stereocenters. The topological polar surface area (TPSA) is 32.8 Å². The first kappa shape index (κ1) is 15.6. The Morgan fingerprint density at radius 3 is 2.77 bits per heavy atom. The van der Waals surface area contributed by atoms with Crippen molar-refractivity contribution in [2.75, 3.05) is 24.5 Å². The van der Waals surface area contributed by atoms with Gasteiger partial charge in [-0.25, -0.2) is 0 Å². The van der Waals surface area contributed by atoms with E-state index in [-0.39, 0.29) is 12.0 Å². The first-order valence-electron chi connectivity index (χ1n) is 8.11. The van der Waals surface area contributed by atoms with E-state index in [2.05, 4.69) is 11.8 Å². The molecule has 1 aromatic rings. The predicted octanol–water partition coefficient (Wildman–Crippen LogP) is 3.33. The second kappa shape index (κ2) is 6.47. The number of benzene rings is 1. The van der Waals surface area contributed by atoms with Crippen LogP contribution in [0.25, 0.3) is 0 Å². The lowest BCUT2D eigenvalue weighted by Crippen LogP contribution is -2.50. The van der Waals surface area contributed by atoms with Crippen LogP contribution in [0.5, 0.6) is 5.75 Å². The highest BCUT2D eigenvalue weighted by Gasteiger charge is 2.35. The van der Waals surface area contributed by atoms with Crippen LogP contribution in [0.2, 0.25) is 5.02 Å². The number of nitrogens with zero attached hydrogens (tertiary/aromatic N) is 2. The molecule has 3 rings (SSSR count). The number of fused-ring (bicyclic) bond motifs is 1. The molecule has 1 saturated heterocycles. The minimum atomic E-state index is -0.389. The molecular formula is C17H23ClN2O2. The molecule has 5 heteroatoms. The molecule has 2 unspecified atom stereocenters. The van der Waals surface area contributed by atoms with E-state index < -0.39 is 0 Å². The number of amides is 1.